The Balaban J connectivity index is 2.28. The molecule has 0 heterocycles. The van der Waals surface area contributed by atoms with Crippen molar-refractivity contribution in [1.82, 2.24) is 0 Å². The molecule has 0 saturated carbocycles. The lowest BCUT2D eigenvalue weighted by atomic mass is 10.1. The molecule has 0 unspecified atom stereocenters. The zero-order valence-corrected chi connectivity index (χ0v) is 11.1. The van der Waals surface area contributed by atoms with Crippen LogP contribution < -0.4 is 5.23 Å². The summed E-state index contributed by atoms with van der Waals surface area (Å²) in [6.45, 7) is 0. The van der Waals surface area contributed by atoms with Gasteiger partial charge in [-0.25, -0.2) is 0 Å². The van der Waals surface area contributed by atoms with E-state index in [1.807, 2.05) is 48.5 Å². The molecule has 0 radical (unpaired) electrons. The summed E-state index contributed by atoms with van der Waals surface area (Å²) in [5, 5.41) is 1.38. The lowest BCUT2D eigenvalue weighted by Crippen LogP contribution is -2.20. The van der Waals surface area contributed by atoms with E-state index in [4.69, 9.17) is 9.68 Å². The van der Waals surface area contributed by atoms with Crippen LogP contribution in [0.25, 0.3) is 12.2 Å². The van der Waals surface area contributed by atoms with Gasteiger partial charge in [-0.2, -0.15) is 0 Å². The van der Waals surface area contributed by atoms with Crippen molar-refractivity contribution >= 4 is 17.8 Å². The smallest absolute Gasteiger partial charge is 0.102 e. The monoisotopic (exact) mass is 255 g/mol. The number of nitrogens with zero attached hydrogens (tertiary/aromatic N) is 1. The Morgan fingerprint density at radius 2 is 1.42 bits per heavy atom. The summed E-state index contributed by atoms with van der Waals surface area (Å²) < 4.78 is 0. The fourth-order valence-electron chi connectivity index (χ4n) is 1.82. The maximum absolute atomic E-state index is 5.16. The molecule has 2 aromatic rings. The van der Waals surface area contributed by atoms with Gasteiger partial charge in [0.15, 0.2) is 0 Å². The van der Waals surface area contributed by atoms with Gasteiger partial charge in [0.25, 0.3) is 0 Å². The van der Waals surface area contributed by atoms with Crippen molar-refractivity contribution in [3.05, 3.63) is 65.7 Å². The summed E-state index contributed by atoms with van der Waals surface area (Å²) in [5.41, 5.74) is 3.04. The van der Waals surface area contributed by atoms with Gasteiger partial charge in [-0.05, 0) is 11.6 Å². The van der Waals surface area contributed by atoms with Crippen molar-refractivity contribution in [2.45, 2.75) is 0 Å². The highest BCUT2D eigenvalue weighted by Gasteiger charge is 2.07. The Kier molecular flexibility index (Phi) is 4.72. The third-order valence-corrected chi connectivity index (χ3v) is 2.72. The molecule has 0 bridgehead atoms. The molecule has 0 spiro atoms. The van der Waals surface area contributed by atoms with Crippen LogP contribution in [0, 0.1) is 0 Å². The second-order valence-electron chi connectivity index (χ2n) is 3.93. The Hall–Kier alpha value is -2.10. The first-order valence-electron chi connectivity index (χ1n) is 6.05. The molecule has 0 aliphatic heterocycles. The molecular formula is C16H17NO2. The fourth-order valence-corrected chi connectivity index (χ4v) is 1.82. The molecule has 3 nitrogen and oxygen atoms in total. The van der Waals surface area contributed by atoms with Gasteiger partial charge >= 0.3 is 0 Å². The highest BCUT2D eigenvalue weighted by atomic mass is 16.9. The van der Waals surface area contributed by atoms with Crippen LogP contribution in [0.1, 0.15) is 11.1 Å². The largest absolute Gasteiger partial charge is 0.252 e. The van der Waals surface area contributed by atoms with Gasteiger partial charge in [0.1, 0.15) is 5.69 Å². The standard InChI is InChI=1S/C16H17NO2/c1-18-17(19-2)16-11-7-6-10-15(16)13-12-14-8-4-3-5-9-14/h3-13H,1-2H3/b13-12-. The number of rotatable bonds is 5. The topological polar surface area (TPSA) is 21.7 Å². The van der Waals surface area contributed by atoms with E-state index >= 15 is 0 Å². The summed E-state index contributed by atoms with van der Waals surface area (Å²) in [4.78, 5) is 10.3. The molecule has 0 aliphatic rings. The zero-order valence-electron chi connectivity index (χ0n) is 11.1. The average molecular weight is 255 g/mol. The zero-order chi connectivity index (χ0) is 13.5. The van der Waals surface area contributed by atoms with Crippen LogP contribution in [0.3, 0.4) is 0 Å². The minimum Gasteiger partial charge on any atom is -0.252 e. The molecule has 98 valence electrons. The second-order valence-corrected chi connectivity index (χ2v) is 3.93. The van der Waals surface area contributed by atoms with Crippen LogP contribution in [0.15, 0.2) is 54.6 Å². The molecule has 0 amide bonds. The first-order chi connectivity index (χ1) is 9.35. The van der Waals surface area contributed by atoms with Gasteiger partial charge in [-0.15, -0.1) is 5.23 Å². The number of hydrogen-bond donors (Lipinski definition) is 0. The molecular weight excluding hydrogens is 238 g/mol. The van der Waals surface area contributed by atoms with Crippen LogP contribution in [0.5, 0.6) is 0 Å². The van der Waals surface area contributed by atoms with Crippen molar-refractivity contribution in [3.63, 3.8) is 0 Å². The van der Waals surface area contributed by atoms with E-state index < -0.39 is 0 Å². The predicted octanol–water partition coefficient (Wildman–Crippen LogP) is 3.79. The third kappa shape index (κ3) is 3.44. The van der Waals surface area contributed by atoms with Crippen LogP contribution in [-0.2, 0) is 9.68 Å². The Morgan fingerprint density at radius 1 is 0.789 bits per heavy atom. The lowest BCUT2D eigenvalue weighted by molar-refractivity contribution is -0.0433. The van der Waals surface area contributed by atoms with E-state index in [0.717, 1.165) is 16.8 Å². The molecule has 0 aromatic heterocycles. The average Bonchev–Trinajstić information content (AvgIpc) is 2.48. The molecule has 0 saturated heterocycles. The van der Waals surface area contributed by atoms with Gasteiger partial charge in [0, 0.05) is 5.56 Å². The van der Waals surface area contributed by atoms with E-state index in [-0.39, 0.29) is 0 Å². The van der Waals surface area contributed by atoms with E-state index in [1.165, 1.54) is 5.23 Å². The first-order valence-corrected chi connectivity index (χ1v) is 6.05. The van der Waals surface area contributed by atoms with Crippen molar-refractivity contribution in [3.8, 4) is 0 Å². The van der Waals surface area contributed by atoms with Crippen molar-refractivity contribution in [2.75, 3.05) is 19.4 Å². The molecule has 2 aromatic carbocycles. The lowest BCUT2D eigenvalue weighted by Gasteiger charge is -2.19. The molecule has 0 N–H and O–H groups in total. The molecule has 2 rings (SSSR count). The fraction of sp³-hybridized carbons (Fsp3) is 0.125. The predicted molar refractivity (Wildman–Crippen MR) is 78.3 cm³/mol. The quantitative estimate of drug-likeness (QED) is 0.599. The first kappa shape index (κ1) is 13.3. The minimum absolute atomic E-state index is 0.861. The Labute approximate surface area is 113 Å². The highest BCUT2D eigenvalue weighted by molar-refractivity contribution is 5.76. The summed E-state index contributed by atoms with van der Waals surface area (Å²) in [7, 11) is 3.14. The van der Waals surface area contributed by atoms with Gasteiger partial charge in [-0.3, -0.25) is 9.68 Å². The van der Waals surface area contributed by atoms with E-state index in [1.54, 1.807) is 14.2 Å². The van der Waals surface area contributed by atoms with Gasteiger partial charge in [0.2, 0.25) is 0 Å². The molecule has 19 heavy (non-hydrogen) atoms. The van der Waals surface area contributed by atoms with Gasteiger partial charge in [-0.1, -0.05) is 60.7 Å². The van der Waals surface area contributed by atoms with Crippen molar-refractivity contribution in [2.24, 2.45) is 0 Å². The second kappa shape index (κ2) is 6.73. The van der Waals surface area contributed by atoms with Crippen molar-refractivity contribution in [1.29, 1.82) is 0 Å². The Bertz CT molecular complexity index is 533. The molecule has 0 atom stereocenters. The minimum atomic E-state index is 0.861. The molecule has 3 heteroatoms. The number of anilines is 1. The summed E-state index contributed by atoms with van der Waals surface area (Å²) in [6, 6.07) is 18.0. The van der Waals surface area contributed by atoms with Gasteiger partial charge < -0.3 is 0 Å². The number of benzene rings is 2. The summed E-state index contributed by atoms with van der Waals surface area (Å²) >= 11 is 0. The Morgan fingerprint density at radius 3 is 2.11 bits per heavy atom. The highest BCUT2D eigenvalue weighted by Crippen LogP contribution is 2.22. The van der Waals surface area contributed by atoms with Crippen LogP contribution in [-0.4, -0.2) is 14.2 Å². The van der Waals surface area contributed by atoms with E-state index in [2.05, 4.69) is 18.2 Å². The maximum atomic E-state index is 5.16. The number of hydrogen-bond acceptors (Lipinski definition) is 3. The molecule has 0 aliphatic carbocycles. The third-order valence-electron chi connectivity index (χ3n) is 2.72. The summed E-state index contributed by atoms with van der Waals surface area (Å²) in [5.74, 6) is 0. The number of para-hydroxylation sites is 1. The van der Waals surface area contributed by atoms with Crippen LogP contribution >= 0.6 is 0 Å². The SMILES string of the molecule is CON(OC)c1ccccc1/C=C\c1ccccc1. The molecule has 0 fully saturated rings. The summed E-state index contributed by atoms with van der Waals surface area (Å²) in [6.07, 6.45) is 4.10. The van der Waals surface area contributed by atoms with Gasteiger partial charge in [0.05, 0.1) is 14.2 Å². The van der Waals surface area contributed by atoms with Crippen LogP contribution in [0.4, 0.5) is 5.69 Å². The van der Waals surface area contributed by atoms with E-state index in [0.29, 0.717) is 0 Å². The van der Waals surface area contributed by atoms with Crippen LogP contribution in [0.2, 0.25) is 0 Å². The van der Waals surface area contributed by atoms with E-state index in [9.17, 15) is 0 Å². The van der Waals surface area contributed by atoms with Crippen molar-refractivity contribution < 1.29 is 9.68 Å². The normalized spacial score (nSPS) is 10.8. The maximum Gasteiger partial charge on any atom is 0.102 e.